The van der Waals surface area contributed by atoms with E-state index in [9.17, 15) is 9.59 Å². The Balaban J connectivity index is 2.11. The maximum absolute atomic E-state index is 12.9. The van der Waals surface area contributed by atoms with Gasteiger partial charge < -0.3 is 8.98 Å². The molecule has 132 valence electrons. The summed E-state index contributed by atoms with van der Waals surface area (Å²) in [6, 6.07) is 11.5. The molecule has 0 saturated carbocycles. The molecule has 0 amide bonds. The summed E-state index contributed by atoms with van der Waals surface area (Å²) in [6.07, 6.45) is 3.45. The Hall–Kier alpha value is -2.80. The number of aromatic nitrogens is 3. The first-order valence-electron chi connectivity index (χ1n) is 8.04. The van der Waals surface area contributed by atoms with Crippen LogP contribution in [0.4, 0.5) is 0 Å². The molecule has 0 fully saturated rings. The number of fused-ring (bicyclic) bond motifs is 1. The van der Waals surface area contributed by atoms with E-state index < -0.39 is 0 Å². The van der Waals surface area contributed by atoms with Crippen molar-refractivity contribution in [3.05, 3.63) is 79.9 Å². The van der Waals surface area contributed by atoms with E-state index in [4.69, 9.17) is 4.42 Å². The second kappa shape index (κ2) is 6.17. The highest BCUT2D eigenvalue weighted by molar-refractivity contribution is 9.10. The van der Waals surface area contributed by atoms with Crippen LogP contribution in [0, 0.1) is 0 Å². The van der Waals surface area contributed by atoms with Gasteiger partial charge in [-0.2, -0.15) is 0 Å². The quantitative estimate of drug-likeness (QED) is 0.518. The van der Waals surface area contributed by atoms with Gasteiger partial charge in [0.15, 0.2) is 0 Å². The normalized spacial score (nSPS) is 11.3. The van der Waals surface area contributed by atoms with E-state index in [1.54, 1.807) is 13.3 Å². The van der Waals surface area contributed by atoms with Crippen LogP contribution in [0.15, 0.2) is 67.3 Å². The number of hydrogen-bond donors (Lipinski definition) is 0. The molecule has 26 heavy (non-hydrogen) atoms. The van der Waals surface area contributed by atoms with Gasteiger partial charge in [0.1, 0.15) is 5.76 Å². The molecule has 0 aliphatic carbocycles. The topological polar surface area (TPSA) is 62.1 Å². The van der Waals surface area contributed by atoms with Crippen LogP contribution in [-0.4, -0.2) is 13.7 Å². The molecular weight excluding hydrogens is 398 g/mol. The first-order chi connectivity index (χ1) is 12.5. The highest BCUT2D eigenvalue weighted by Gasteiger charge is 2.20. The van der Waals surface area contributed by atoms with E-state index in [2.05, 4.69) is 15.9 Å². The third-order valence-corrected chi connectivity index (χ3v) is 5.01. The molecule has 0 atom stereocenters. The van der Waals surface area contributed by atoms with E-state index in [0.29, 0.717) is 17.4 Å². The Morgan fingerprint density at radius 1 is 1.08 bits per heavy atom. The van der Waals surface area contributed by atoms with Crippen LogP contribution in [0.1, 0.15) is 5.76 Å². The number of rotatable bonds is 3. The third kappa shape index (κ3) is 2.55. The Labute approximate surface area is 157 Å². The average Bonchev–Trinajstić information content (AvgIpc) is 3.26. The van der Waals surface area contributed by atoms with Crippen LogP contribution >= 0.6 is 15.9 Å². The zero-order chi connectivity index (χ0) is 18.4. The predicted molar refractivity (Wildman–Crippen MR) is 103 cm³/mol. The highest BCUT2D eigenvalue weighted by atomic mass is 79.9. The molecule has 4 rings (SSSR count). The molecule has 7 heteroatoms. The van der Waals surface area contributed by atoms with Gasteiger partial charge in [0.25, 0.3) is 5.56 Å². The van der Waals surface area contributed by atoms with Gasteiger partial charge in [-0.15, -0.1) is 0 Å². The fourth-order valence-corrected chi connectivity index (χ4v) is 3.63. The van der Waals surface area contributed by atoms with Crippen LogP contribution in [0.5, 0.6) is 0 Å². The van der Waals surface area contributed by atoms with E-state index >= 15 is 0 Å². The lowest BCUT2D eigenvalue weighted by molar-refractivity contribution is 0.495. The van der Waals surface area contributed by atoms with Crippen molar-refractivity contribution in [2.45, 2.75) is 6.54 Å². The first-order valence-corrected chi connectivity index (χ1v) is 8.84. The molecule has 0 aliphatic rings. The van der Waals surface area contributed by atoms with E-state index in [1.807, 2.05) is 47.2 Å². The lowest BCUT2D eigenvalue weighted by atomic mass is 10.1. The zero-order valence-electron chi connectivity index (χ0n) is 14.3. The maximum Gasteiger partial charge on any atom is 0.330 e. The maximum atomic E-state index is 12.9. The van der Waals surface area contributed by atoms with Crippen LogP contribution in [-0.2, 0) is 20.6 Å². The van der Waals surface area contributed by atoms with Crippen molar-refractivity contribution >= 4 is 26.8 Å². The molecule has 0 aliphatic heterocycles. The molecule has 6 nitrogen and oxygen atoms in total. The molecule has 0 bridgehead atoms. The van der Waals surface area contributed by atoms with Crippen molar-refractivity contribution in [3.8, 4) is 11.3 Å². The number of benzene rings is 1. The Kier molecular flexibility index (Phi) is 3.96. The van der Waals surface area contributed by atoms with Gasteiger partial charge in [-0.1, -0.05) is 28.1 Å². The van der Waals surface area contributed by atoms with Crippen LogP contribution in [0.3, 0.4) is 0 Å². The predicted octanol–water partition coefficient (Wildman–Crippen LogP) is 3.11. The van der Waals surface area contributed by atoms with Gasteiger partial charge in [0.2, 0.25) is 0 Å². The molecule has 3 aromatic heterocycles. The summed E-state index contributed by atoms with van der Waals surface area (Å²) in [4.78, 5) is 25.2. The average molecular weight is 414 g/mol. The lowest BCUT2D eigenvalue weighted by Crippen LogP contribution is -2.36. The number of furan rings is 1. The highest BCUT2D eigenvalue weighted by Crippen LogP contribution is 2.30. The van der Waals surface area contributed by atoms with Crippen molar-refractivity contribution in [3.63, 3.8) is 0 Å². The Bertz CT molecular complexity index is 1230. The minimum Gasteiger partial charge on any atom is -0.467 e. The Morgan fingerprint density at radius 3 is 2.58 bits per heavy atom. The van der Waals surface area contributed by atoms with E-state index in [1.165, 1.54) is 11.6 Å². The summed E-state index contributed by atoms with van der Waals surface area (Å²) < 4.78 is 11.0. The fraction of sp³-hybridized carbons (Fsp3) is 0.158. The van der Waals surface area contributed by atoms with Crippen molar-refractivity contribution in [2.24, 2.45) is 14.1 Å². The number of halogens is 1. The van der Waals surface area contributed by atoms with Crippen molar-refractivity contribution in [1.29, 1.82) is 0 Å². The lowest BCUT2D eigenvalue weighted by Gasteiger charge is -2.09. The molecular formula is C19H16BrN3O3. The van der Waals surface area contributed by atoms with Gasteiger partial charge in [-0.25, -0.2) is 4.79 Å². The van der Waals surface area contributed by atoms with Crippen molar-refractivity contribution in [1.82, 2.24) is 13.7 Å². The third-order valence-electron chi connectivity index (χ3n) is 4.52. The summed E-state index contributed by atoms with van der Waals surface area (Å²) in [5.41, 5.74) is 1.58. The van der Waals surface area contributed by atoms with Crippen LogP contribution in [0.2, 0.25) is 0 Å². The minimum atomic E-state index is -0.349. The molecule has 3 heterocycles. The number of nitrogens with zero attached hydrogens (tertiary/aromatic N) is 3. The van der Waals surface area contributed by atoms with Gasteiger partial charge in [-0.3, -0.25) is 13.9 Å². The smallest absolute Gasteiger partial charge is 0.330 e. The van der Waals surface area contributed by atoms with Gasteiger partial charge in [-0.05, 0) is 24.3 Å². The van der Waals surface area contributed by atoms with Gasteiger partial charge >= 0.3 is 5.69 Å². The molecule has 1 aromatic carbocycles. The first kappa shape index (κ1) is 16.7. The molecule has 4 aromatic rings. The largest absolute Gasteiger partial charge is 0.467 e. The molecule has 0 N–H and O–H groups in total. The second-order valence-electron chi connectivity index (χ2n) is 6.16. The molecule has 0 saturated heterocycles. The standard InChI is InChI=1S/C19H16BrN3O3/c1-21-15-11-23(10-14-7-4-8-26-14)17(12-5-3-6-13(20)9-12)16(15)18(24)22(2)19(21)25/h3-9,11H,10H2,1-2H3. The van der Waals surface area contributed by atoms with Gasteiger partial charge in [0, 0.05) is 30.3 Å². The van der Waals surface area contributed by atoms with Gasteiger partial charge in [0.05, 0.1) is 29.4 Å². The summed E-state index contributed by atoms with van der Waals surface area (Å²) >= 11 is 3.49. The van der Waals surface area contributed by atoms with Crippen molar-refractivity contribution < 1.29 is 4.42 Å². The zero-order valence-corrected chi connectivity index (χ0v) is 15.9. The Morgan fingerprint density at radius 2 is 1.88 bits per heavy atom. The fourth-order valence-electron chi connectivity index (χ4n) is 3.23. The summed E-state index contributed by atoms with van der Waals surface area (Å²) in [6.45, 7) is 0.459. The monoisotopic (exact) mass is 413 g/mol. The van der Waals surface area contributed by atoms with Crippen LogP contribution < -0.4 is 11.2 Å². The minimum absolute atomic E-state index is 0.309. The van der Waals surface area contributed by atoms with Crippen molar-refractivity contribution in [2.75, 3.05) is 0 Å². The number of aryl methyl sites for hydroxylation is 1. The number of hydrogen-bond acceptors (Lipinski definition) is 3. The molecule has 0 unspecified atom stereocenters. The van der Waals surface area contributed by atoms with E-state index in [-0.39, 0.29) is 11.2 Å². The molecule has 0 radical (unpaired) electrons. The second-order valence-corrected chi connectivity index (χ2v) is 7.08. The summed E-state index contributed by atoms with van der Waals surface area (Å²) in [5.74, 6) is 0.767. The molecule has 0 spiro atoms. The van der Waals surface area contributed by atoms with E-state index in [0.717, 1.165) is 26.1 Å². The summed E-state index contributed by atoms with van der Waals surface area (Å²) in [7, 11) is 3.17. The van der Waals surface area contributed by atoms with Crippen LogP contribution in [0.25, 0.3) is 22.2 Å². The summed E-state index contributed by atoms with van der Waals surface area (Å²) in [5, 5.41) is 0.513. The SMILES string of the molecule is Cn1c(=O)c2c(-c3cccc(Br)c3)n(Cc3ccco3)cc2n(C)c1=O.